The van der Waals surface area contributed by atoms with Crippen molar-refractivity contribution >= 4 is 0 Å². The zero-order valence-electron chi connectivity index (χ0n) is 12.6. The van der Waals surface area contributed by atoms with Crippen molar-refractivity contribution in [2.45, 2.75) is 59.1 Å². The minimum Gasteiger partial charge on any atom is -0.506 e. The monoisotopic (exact) mass is 278 g/mol. The molecule has 20 heavy (non-hydrogen) atoms. The lowest BCUT2D eigenvalue weighted by Crippen LogP contribution is -2.33. The zero-order chi connectivity index (χ0) is 14.6. The second-order valence-corrected chi connectivity index (χ2v) is 6.33. The van der Waals surface area contributed by atoms with E-state index in [2.05, 4.69) is 17.2 Å². The summed E-state index contributed by atoms with van der Waals surface area (Å²) in [7, 11) is 0. The first-order chi connectivity index (χ1) is 9.56. The molecular weight excluding hydrogens is 252 g/mol. The van der Waals surface area contributed by atoms with Gasteiger partial charge in [-0.1, -0.05) is 26.2 Å². The average molecular weight is 278 g/mol. The summed E-state index contributed by atoms with van der Waals surface area (Å²) >= 11 is 0. The van der Waals surface area contributed by atoms with Crippen LogP contribution in [0.4, 0.5) is 0 Å². The molecule has 0 aliphatic heterocycles. The molecule has 3 N–H and O–H groups in total. The summed E-state index contributed by atoms with van der Waals surface area (Å²) in [6, 6.07) is 0. The van der Waals surface area contributed by atoms with E-state index in [1.54, 1.807) is 13.1 Å². The van der Waals surface area contributed by atoms with Gasteiger partial charge in [0, 0.05) is 30.4 Å². The molecule has 0 unspecified atom stereocenters. The zero-order valence-corrected chi connectivity index (χ0v) is 12.6. The molecule has 0 atom stereocenters. The number of nitrogens with zero attached hydrogens (tertiary/aromatic N) is 1. The van der Waals surface area contributed by atoms with Crippen molar-refractivity contribution in [2.75, 3.05) is 6.54 Å². The lowest BCUT2D eigenvalue weighted by molar-refractivity contribution is 0.207. The largest absolute Gasteiger partial charge is 0.506 e. The fourth-order valence-corrected chi connectivity index (χ4v) is 3.09. The van der Waals surface area contributed by atoms with Crippen LogP contribution >= 0.6 is 0 Å². The van der Waals surface area contributed by atoms with E-state index in [-0.39, 0.29) is 12.4 Å². The fraction of sp³-hybridized carbons (Fsp3) is 0.688. The number of hydrogen-bond donors (Lipinski definition) is 3. The quantitative estimate of drug-likeness (QED) is 0.774. The molecule has 4 heteroatoms. The van der Waals surface area contributed by atoms with Gasteiger partial charge in [0.2, 0.25) is 0 Å². The predicted octanol–water partition coefficient (Wildman–Crippen LogP) is 2.65. The Balaban J connectivity index is 1.98. The lowest BCUT2D eigenvalue weighted by Gasteiger charge is -2.34. The molecule has 4 nitrogen and oxygen atoms in total. The second-order valence-electron chi connectivity index (χ2n) is 6.33. The Morgan fingerprint density at radius 3 is 2.65 bits per heavy atom. The summed E-state index contributed by atoms with van der Waals surface area (Å²) in [5.41, 5.74) is 2.46. The Kier molecular flexibility index (Phi) is 5.00. The van der Waals surface area contributed by atoms with E-state index < -0.39 is 0 Å². The van der Waals surface area contributed by atoms with Crippen LogP contribution in [0.25, 0.3) is 0 Å². The van der Waals surface area contributed by atoms with Crippen LogP contribution in [0.2, 0.25) is 0 Å². The molecule has 0 radical (unpaired) electrons. The lowest BCUT2D eigenvalue weighted by atomic mass is 9.76. The van der Waals surface area contributed by atoms with Crippen molar-refractivity contribution in [3.8, 4) is 5.75 Å². The second kappa shape index (κ2) is 6.55. The van der Waals surface area contributed by atoms with E-state index in [0.717, 1.165) is 12.1 Å². The highest BCUT2D eigenvalue weighted by atomic mass is 16.3. The molecule has 0 spiro atoms. The molecule has 1 aromatic heterocycles. The normalized spacial score (nSPS) is 18.1. The van der Waals surface area contributed by atoms with Gasteiger partial charge in [-0.25, -0.2) is 0 Å². The van der Waals surface area contributed by atoms with Gasteiger partial charge < -0.3 is 15.5 Å². The molecule has 0 saturated heterocycles. The first-order valence-electron chi connectivity index (χ1n) is 7.54. The summed E-state index contributed by atoms with van der Waals surface area (Å²) in [6.45, 7) is 5.57. The van der Waals surface area contributed by atoms with Gasteiger partial charge in [0.05, 0.1) is 12.3 Å². The van der Waals surface area contributed by atoms with E-state index in [0.29, 0.717) is 23.2 Å². The molecule has 112 valence electrons. The van der Waals surface area contributed by atoms with Crippen molar-refractivity contribution < 1.29 is 10.2 Å². The minimum atomic E-state index is -0.0882. The van der Waals surface area contributed by atoms with Crippen LogP contribution in [-0.4, -0.2) is 21.7 Å². The number of aromatic hydroxyl groups is 1. The summed E-state index contributed by atoms with van der Waals surface area (Å²) < 4.78 is 0. The highest BCUT2D eigenvalue weighted by Gasteiger charge is 2.26. The average Bonchev–Trinajstić information content (AvgIpc) is 2.44. The molecule has 1 fully saturated rings. The molecule has 0 bridgehead atoms. The standard InChI is InChI=1S/C16H26N2O2/c1-12-15(20)14(13(10-19)8-18-12)9-17-11-16(2)6-4-3-5-7-16/h8,17,19-20H,3-7,9-11H2,1-2H3. The molecular formula is C16H26N2O2. The van der Waals surface area contributed by atoms with E-state index in [4.69, 9.17) is 0 Å². The maximum absolute atomic E-state index is 10.1. The van der Waals surface area contributed by atoms with E-state index in [9.17, 15) is 10.2 Å². The number of aliphatic hydroxyl groups excluding tert-OH is 1. The topological polar surface area (TPSA) is 65.4 Å². The Bertz CT molecular complexity index is 454. The van der Waals surface area contributed by atoms with E-state index in [1.807, 2.05) is 0 Å². The predicted molar refractivity (Wildman–Crippen MR) is 79.5 cm³/mol. The molecule has 1 aliphatic rings. The molecule has 0 amide bonds. The molecule has 0 aromatic carbocycles. The molecule has 1 saturated carbocycles. The van der Waals surface area contributed by atoms with Crippen LogP contribution in [0.5, 0.6) is 5.75 Å². The Labute approximate surface area is 121 Å². The Morgan fingerprint density at radius 2 is 2.00 bits per heavy atom. The van der Waals surface area contributed by atoms with Crippen molar-refractivity contribution in [1.29, 1.82) is 0 Å². The third-order valence-corrected chi connectivity index (χ3v) is 4.51. The molecule has 1 aromatic rings. The third-order valence-electron chi connectivity index (χ3n) is 4.51. The molecule has 1 aliphatic carbocycles. The van der Waals surface area contributed by atoms with Gasteiger partial charge in [-0.2, -0.15) is 0 Å². The highest BCUT2D eigenvalue weighted by molar-refractivity contribution is 5.40. The third kappa shape index (κ3) is 3.49. The van der Waals surface area contributed by atoms with Gasteiger partial charge in [-0.3, -0.25) is 4.98 Å². The van der Waals surface area contributed by atoms with Gasteiger partial charge >= 0.3 is 0 Å². The summed E-state index contributed by atoms with van der Waals surface area (Å²) in [5.74, 6) is 0.206. The van der Waals surface area contributed by atoms with Crippen LogP contribution in [0.1, 0.15) is 55.8 Å². The van der Waals surface area contributed by atoms with Gasteiger partial charge in [0.25, 0.3) is 0 Å². The highest BCUT2D eigenvalue weighted by Crippen LogP contribution is 2.35. The van der Waals surface area contributed by atoms with Gasteiger partial charge in [0.1, 0.15) is 5.75 Å². The Morgan fingerprint density at radius 1 is 1.30 bits per heavy atom. The summed E-state index contributed by atoms with van der Waals surface area (Å²) in [5, 5.41) is 22.9. The SMILES string of the molecule is Cc1ncc(CO)c(CNCC2(C)CCCCC2)c1O. The number of aryl methyl sites for hydroxylation is 1. The maximum Gasteiger partial charge on any atom is 0.141 e. The summed E-state index contributed by atoms with van der Waals surface area (Å²) in [4.78, 5) is 4.08. The van der Waals surface area contributed by atoms with Gasteiger partial charge in [-0.15, -0.1) is 0 Å². The first-order valence-corrected chi connectivity index (χ1v) is 7.54. The number of rotatable bonds is 5. The first kappa shape index (κ1) is 15.3. The smallest absolute Gasteiger partial charge is 0.141 e. The van der Waals surface area contributed by atoms with E-state index >= 15 is 0 Å². The molecule has 2 rings (SSSR count). The number of nitrogens with one attached hydrogen (secondary N) is 1. The fourth-order valence-electron chi connectivity index (χ4n) is 3.09. The van der Waals surface area contributed by atoms with Crippen molar-refractivity contribution in [1.82, 2.24) is 10.3 Å². The number of hydrogen-bond acceptors (Lipinski definition) is 4. The van der Waals surface area contributed by atoms with Crippen molar-refractivity contribution in [3.63, 3.8) is 0 Å². The number of pyridine rings is 1. The van der Waals surface area contributed by atoms with Crippen LogP contribution < -0.4 is 5.32 Å². The minimum absolute atomic E-state index is 0.0882. The Hall–Kier alpha value is -1.13. The van der Waals surface area contributed by atoms with Crippen LogP contribution in [0, 0.1) is 12.3 Å². The van der Waals surface area contributed by atoms with Crippen LogP contribution in [-0.2, 0) is 13.2 Å². The maximum atomic E-state index is 10.1. The number of aliphatic hydroxyl groups is 1. The number of aromatic nitrogens is 1. The van der Waals surface area contributed by atoms with Crippen LogP contribution in [0.3, 0.4) is 0 Å². The van der Waals surface area contributed by atoms with Crippen molar-refractivity contribution in [2.24, 2.45) is 5.41 Å². The molecule has 1 heterocycles. The van der Waals surface area contributed by atoms with E-state index in [1.165, 1.54) is 32.1 Å². The summed E-state index contributed by atoms with van der Waals surface area (Å²) in [6.07, 6.45) is 8.19. The van der Waals surface area contributed by atoms with Gasteiger partial charge in [-0.05, 0) is 25.2 Å². The van der Waals surface area contributed by atoms with Crippen molar-refractivity contribution in [3.05, 3.63) is 23.0 Å². The van der Waals surface area contributed by atoms with Crippen LogP contribution in [0.15, 0.2) is 6.20 Å². The van der Waals surface area contributed by atoms with Gasteiger partial charge in [0.15, 0.2) is 0 Å².